The molecule has 0 aliphatic heterocycles. The van der Waals surface area contributed by atoms with Crippen molar-refractivity contribution in [1.29, 1.82) is 0 Å². The zero-order chi connectivity index (χ0) is 6.41. The topological polar surface area (TPSA) is 49.4 Å². The fraction of sp³-hybridized carbons (Fsp3) is 1.00. The average molecular weight is 192 g/mol. The van der Waals surface area contributed by atoms with Crippen molar-refractivity contribution in [2.45, 2.75) is 6.04 Å². The molecule has 1 unspecified atom stereocenters. The summed E-state index contributed by atoms with van der Waals surface area (Å²) in [6.45, 7) is 0. The van der Waals surface area contributed by atoms with E-state index in [1.54, 1.807) is 0 Å². The standard InChI is InChI=1S/C2H10O3SSi2.Na/c3-6(4)1-2-8-5-7;/h1-2,8H2,7H3,(H,3,4);/q;+1/p-1. The normalized spacial score (nSPS) is 13.9. The second-order valence-corrected chi connectivity index (χ2v) is 5.79. The molecule has 0 rings (SSSR count). The van der Waals surface area contributed by atoms with Crippen LogP contribution in [0.3, 0.4) is 0 Å². The molecule has 0 radical (unpaired) electrons. The van der Waals surface area contributed by atoms with Crippen LogP contribution in [0.25, 0.3) is 0 Å². The van der Waals surface area contributed by atoms with Gasteiger partial charge in [0.15, 0.2) is 0 Å². The molecule has 0 heterocycles. The third kappa shape index (κ3) is 12.7. The molecule has 0 saturated carbocycles. The molecule has 3 nitrogen and oxygen atoms in total. The summed E-state index contributed by atoms with van der Waals surface area (Å²) in [6.07, 6.45) is 0. The van der Waals surface area contributed by atoms with Crippen LogP contribution in [-0.2, 0) is 15.2 Å². The van der Waals surface area contributed by atoms with Gasteiger partial charge in [-0.2, -0.15) is 0 Å². The van der Waals surface area contributed by atoms with Crippen LogP contribution in [0, 0.1) is 0 Å². The summed E-state index contributed by atoms with van der Waals surface area (Å²) >= 11 is -1.85. The van der Waals surface area contributed by atoms with Gasteiger partial charge in [-0.05, 0) is 6.04 Å². The first-order chi connectivity index (χ1) is 3.77. The SMILES string of the molecule is O=S([O-])CC[SiH2]O[SiH3].[Na+]. The Kier molecular flexibility index (Phi) is 13.9. The summed E-state index contributed by atoms with van der Waals surface area (Å²) in [5.74, 6) is 0.286. The fourth-order valence-electron chi connectivity index (χ4n) is 0.321. The molecule has 0 aromatic rings. The van der Waals surface area contributed by atoms with Gasteiger partial charge in [-0.15, -0.1) is 0 Å². The van der Waals surface area contributed by atoms with E-state index in [1.165, 1.54) is 0 Å². The van der Waals surface area contributed by atoms with Gasteiger partial charge in [0.25, 0.3) is 0 Å². The van der Waals surface area contributed by atoms with Crippen molar-refractivity contribution >= 4 is 31.3 Å². The maximum atomic E-state index is 9.85. The third-order valence-electron chi connectivity index (χ3n) is 0.659. The van der Waals surface area contributed by atoms with Crippen LogP contribution < -0.4 is 29.6 Å². The number of hydrogen-bond donors (Lipinski definition) is 0. The Balaban J connectivity index is 0. The maximum absolute atomic E-state index is 9.85. The van der Waals surface area contributed by atoms with Crippen LogP contribution in [0.5, 0.6) is 0 Å². The summed E-state index contributed by atoms with van der Waals surface area (Å²) in [7, 11) is 0.307. The average Bonchev–Trinajstić information content (AvgIpc) is 1.66. The molecule has 0 bridgehead atoms. The molecular weight excluding hydrogens is 183 g/mol. The fourth-order valence-corrected chi connectivity index (χ4v) is 2.89. The van der Waals surface area contributed by atoms with Gasteiger partial charge in [0, 0.05) is 5.75 Å². The summed E-state index contributed by atoms with van der Waals surface area (Å²) < 4.78 is 24.6. The molecule has 0 aromatic carbocycles. The predicted molar refractivity (Wildman–Crippen MR) is 38.2 cm³/mol. The van der Waals surface area contributed by atoms with E-state index >= 15 is 0 Å². The van der Waals surface area contributed by atoms with Gasteiger partial charge in [-0.25, -0.2) is 0 Å². The molecule has 0 N–H and O–H groups in total. The molecule has 9 heavy (non-hydrogen) atoms. The monoisotopic (exact) mass is 192 g/mol. The third-order valence-corrected chi connectivity index (χ3v) is 4.07. The largest absolute Gasteiger partial charge is 1.00 e. The first kappa shape index (κ1) is 13.1. The Morgan fingerprint density at radius 3 is 2.67 bits per heavy atom. The molecule has 0 saturated heterocycles. The van der Waals surface area contributed by atoms with Crippen LogP contribution in [-0.4, -0.2) is 34.8 Å². The van der Waals surface area contributed by atoms with E-state index in [9.17, 15) is 8.76 Å². The van der Waals surface area contributed by atoms with Gasteiger partial charge in [0.05, 0.1) is 0 Å². The van der Waals surface area contributed by atoms with Crippen LogP contribution in [0.4, 0.5) is 0 Å². The van der Waals surface area contributed by atoms with Crippen LogP contribution in [0.15, 0.2) is 0 Å². The van der Waals surface area contributed by atoms with E-state index in [2.05, 4.69) is 0 Å². The van der Waals surface area contributed by atoms with Crippen molar-refractivity contribution in [2.75, 3.05) is 5.75 Å². The summed E-state index contributed by atoms with van der Waals surface area (Å²) in [6, 6.07) is 0.764. The zero-order valence-electron chi connectivity index (χ0n) is 5.75. The molecular formula is C2H9NaO3SSi2. The molecule has 0 aliphatic carbocycles. The molecule has 1 atom stereocenters. The van der Waals surface area contributed by atoms with Crippen molar-refractivity contribution < 1.29 is 42.4 Å². The minimum absolute atomic E-state index is 0. The van der Waals surface area contributed by atoms with Gasteiger partial charge in [0.2, 0.25) is 0 Å². The molecule has 50 valence electrons. The van der Waals surface area contributed by atoms with Crippen LogP contribution >= 0.6 is 0 Å². The zero-order valence-corrected chi connectivity index (χ0v) is 12.0. The predicted octanol–water partition coefficient (Wildman–Crippen LogP) is -5.33. The van der Waals surface area contributed by atoms with E-state index in [-0.39, 0.29) is 35.3 Å². The minimum Gasteiger partial charge on any atom is -0.772 e. The summed E-state index contributed by atoms with van der Waals surface area (Å²) in [5.41, 5.74) is 0. The smallest absolute Gasteiger partial charge is 0.772 e. The van der Waals surface area contributed by atoms with Gasteiger partial charge in [-0.1, -0.05) is 11.1 Å². The van der Waals surface area contributed by atoms with E-state index < -0.39 is 20.8 Å². The van der Waals surface area contributed by atoms with E-state index in [4.69, 9.17) is 4.12 Å². The molecule has 0 spiro atoms. The Morgan fingerprint density at radius 1 is 1.78 bits per heavy atom. The number of rotatable bonds is 4. The minimum atomic E-state index is -1.85. The Morgan fingerprint density at radius 2 is 2.33 bits per heavy atom. The van der Waals surface area contributed by atoms with Crippen molar-refractivity contribution in [3.05, 3.63) is 0 Å². The quantitative estimate of drug-likeness (QED) is 0.254. The van der Waals surface area contributed by atoms with Gasteiger partial charge >= 0.3 is 29.6 Å². The number of hydrogen-bond acceptors (Lipinski definition) is 3. The summed E-state index contributed by atoms with van der Waals surface area (Å²) in [4.78, 5) is 0. The second kappa shape index (κ2) is 9.50. The Hall–Kier alpha value is 1.50. The van der Waals surface area contributed by atoms with Crippen molar-refractivity contribution in [2.24, 2.45) is 0 Å². The summed E-state index contributed by atoms with van der Waals surface area (Å²) in [5, 5.41) is 0. The van der Waals surface area contributed by atoms with Crippen LogP contribution in [0.1, 0.15) is 0 Å². The Bertz CT molecular complexity index is 82.2. The van der Waals surface area contributed by atoms with Gasteiger partial charge in [0.1, 0.15) is 20.2 Å². The Labute approximate surface area is 85.0 Å². The molecule has 0 aromatic heterocycles. The molecule has 0 amide bonds. The van der Waals surface area contributed by atoms with E-state index in [0.717, 1.165) is 16.5 Å². The van der Waals surface area contributed by atoms with Crippen LogP contribution in [0.2, 0.25) is 6.04 Å². The second-order valence-electron chi connectivity index (χ2n) is 1.35. The van der Waals surface area contributed by atoms with Gasteiger partial charge < -0.3 is 8.67 Å². The molecule has 0 fully saturated rings. The van der Waals surface area contributed by atoms with E-state index in [0.29, 0.717) is 0 Å². The van der Waals surface area contributed by atoms with Crippen molar-refractivity contribution in [3.8, 4) is 0 Å². The van der Waals surface area contributed by atoms with E-state index in [1.807, 2.05) is 0 Å². The first-order valence-corrected chi connectivity index (χ1v) is 5.96. The van der Waals surface area contributed by atoms with Crippen molar-refractivity contribution in [1.82, 2.24) is 0 Å². The molecule has 0 aliphatic rings. The molecule has 7 heteroatoms. The van der Waals surface area contributed by atoms with Crippen molar-refractivity contribution in [3.63, 3.8) is 0 Å². The maximum Gasteiger partial charge on any atom is 1.00 e. The first-order valence-electron chi connectivity index (χ1n) is 2.32. The van der Waals surface area contributed by atoms with Gasteiger partial charge in [-0.3, -0.25) is 4.21 Å².